The van der Waals surface area contributed by atoms with Crippen LogP contribution in [0.15, 0.2) is 54.6 Å². The van der Waals surface area contributed by atoms with Crippen molar-refractivity contribution >= 4 is 12.0 Å². The number of aliphatic hydroxyl groups is 1. The number of rotatable bonds is 6. The van der Waals surface area contributed by atoms with E-state index in [1.54, 1.807) is 12.1 Å². The number of carbonyl (C=O) groups is 1. The van der Waals surface area contributed by atoms with Crippen LogP contribution < -0.4 is 4.74 Å². The lowest BCUT2D eigenvalue weighted by atomic mass is 10.1. The fourth-order valence-electron chi connectivity index (χ4n) is 1.85. The summed E-state index contributed by atoms with van der Waals surface area (Å²) in [5.41, 5.74) is 1.73. The van der Waals surface area contributed by atoms with Crippen LogP contribution in [0.2, 0.25) is 0 Å². The molecule has 0 aromatic heterocycles. The molecule has 2 aromatic carbocycles. The van der Waals surface area contributed by atoms with Crippen molar-refractivity contribution in [3.63, 3.8) is 0 Å². The third-order valence-corrected chi connectivity index (χ3v) is 2.88. The lowest BCUT2D eigenvalue weighted by molar-refractivity contribution is -0.131. The zero-order chi connectivity index (χ0) is 15.1. The number of carboxylic acid groups (broad SMARTS) is 1. The van der Waals surface area contributed by atoms with E-state index in [-0.39, 0.29) is 6.61 Å². The largest absolute Gasteiger partial charge is 0.478 e. The monoisotopic (exact) mass is 284 g/mol. The summed E-state index contributed by atoms with van der Waals surface area (Å²) in [6.07, 6.45) is 3.18. The molecule has 0 amide bonds. The summed E-state index contributed by atoms with van der Waals surface area (Å²) in [7, 11) is 0. The molecular weight excluding hydrogens is 268 g/mol. The molecule has 2 rings (SSSR count). The maximum absolute atomic E-state index is 10.6. The molecule has 0 spiro atoms. The van der Waals surface area contributed by atoms with Crippen LogP contribution in [0, 0.1) is 0 Å². The zero-order valence-electron chi connectivity index (χ0n) is 11.4. The Bertz CT molecular complexity index is 629. The molecule has 2 N–H and O–H groups in total. The van der Waals surface area contributed by atoms with Crippen LogP contribution in [-0.4, -0.2) is 22.8 Å². The first-order valence-electron chi connectivity index (χ1n) is 6.57. The molecular formula is C17H16O4. The lowest BCUT2D eigenvalue weighted by Crippen LogP contribution is -1.92. The summed E-state index contributed by atoms with van der Waals surface area (Å²) in [4.78, 5) is 10.6. The standard InChI is InChI=1S/C17H16O4/c18-12-11-13-5-8-15(9-6-13)21-16-4-2-1-3-14(16)7-10-17(19)20/h1-10,18H,11-12H2,(H,19,20)/b10-7+. The second kappa shape index (κ2) is 7.26. The van der Waals surface area contributed by atoms with Gasteiger partial charge in [0.2, 0.25) is 0 Å². The van der Waals surface area contributed by atoms with Gasteiger partial charge in [-0.1, -0.05) is 30.3 Å². The molecule has 0 saturated carbocycles. The van der Waals surface area contributed by atoms with Crippen molar-refractivity contribution in [2.45, 2.75) is 6.42 Å². The minimum absolute atomic E-state index is 0.114. The quantitative estimate of drug-likeness (QED) is 0.800. The predicted octanol–water partition coefficient (Wildman–Crippen LogP) is 3.11. The Kier molecular flexibility index (Phi) is 5.12. The Hall–Kier alpha value is -2.59. The van der Waals surface area contributed by atoms with E-state index in [2.05, 4.69) is 0 Å². The van der Waals surface area contributed by atoms with Gasteiger partial charge in [0.1, 0.15) is 11.5 Å². The minimum Gasteiger partial charge on any atom is -0.478 e. The molecule has 0 atom stereocenters. The van der Waals surface area contributed by atoms with Crippen molar-refractivity contribution in [1.82, 2.24) is 0 Å². The van der Waals surface area contributed by atoms with Crippen molar-refractivity contribution in [3.8, 4) is 11.5 Å². The van der Waals surface area contributed by atoms with E-state index in [0.29, 0.717) is 23.5 Å². The van der Waals surface area contributed by atoms with Gasteiger partial charge in [0.25, 0.3) is 0 Å². The van der Waals surface area contributed by atoms with Gasteiger partial charge in [-0.2, -0.15) is 0 Å². The molecule has 21 heavy (non-hydrogen) atoms. The SMILES string of the molecule is O=C(O)/C=C/c1ccccc1Oc1ccc(CCO)cc1. The lowest BCUT2D eigenvalue weighted by Gasteiger charge is -2.09. The van der Waals surface area contributed by atoms with Crippen molar-refractivity contribution in [2.24, 2.45) is 0 Å². The van der Waals surface area contributed by atoms with Crippen LogP contribution in [-0.2, 0) is 11.2 Å². The predicted molar refractivity (Wildman–Crippen MR) is 80.4 cm³/mol. The number of para-hydroxylation sites is 1. The van der Waals surface area contributed by atoms with Crippen LogP contribution in [0.3, 0.4) is 0 Å². The molecule has 0 aliphatic rings. The zero-order valence-corrected chi connectivity index (χ0v) is 11.4. The highest BCUT2D eigenvalue weighted by Gasteiger charge is 2.03. The highest BCUT2D eigenvalue weighted by Crippen LogP contribution is 2.26. The van der Waals surface area contributed by atoms with E-state index in [4.69, 9.17) is 14.9 Å². The fourth-order valence-corrected chi connectivity index (χ4v) is 1.85. The minimum atomic E-state index is -1.00. The molecule has 2 aromatic rings. The fraction of sp³-hybridized carbons (Fsp3) is 0.118. The number of ether oxygens (including phenoxy) is 1. The van der Waals surface area contributed by atoms with Crippen LogP contribution in [0.1, 0.15) is 11.1 Å². The van der Waals surface area contributed by atoms with E-state index in [9.17, 15) is 4.79 Å². The van der Waals surface area contributed by atoms with Gasteiger partial charge in [-0.05, 0) is 36.3 Å². The molecule has 108 valence electrons. The highest BCUT2D eigenvalue weighted by molar-refractivity contribution is 5.85. The van der Waals surface area contributed by atoms with Crippen LogP contribution >= 0.6 is 0 Å². The van der Waals surface area contributed by atoms with Gasteiger partial charge in [0.15, 0.2) is 0 Å². The van der Waals surface area contributed by atoms with E-state index < -0.39 is 5.97 Å². The van der Waals surface area contributed by atoms with Gasteiger partial charge in [-0.25, -0.2) is 4.79 Å². The summed E-state index contributed by atoms with van der Waals surface area (Å²) in [6, 6.07) is 14.6. The Morgan fingerprint density at radius 1 is 1.10 bits per heavy atom. The molecule has 0 saturated heterocycles. The average Bonchev–Trinajstić information content (AvgIpc) is 2.48. The summed E-state index contributed by atoms with van der Waals surface area (Å²) in [5.74, 6) is 0.246. The maximum Gasteiger partial charge on any atom is 0.328 e. The average molecular weight is 284 g/mol. The smallest absolute Gasteiger partial charge is 0.328 e. The Morgan fingerprint density at radius 2 is 1.81 bits per heavy atom. The van der Waals surface area contributed by atoms with E-state index >= 15 is 0 Å². The van der Waals surface area contributed by atoms with Gasteiger partial charge < -0.3 is 14.9 Å². The molecule has 0 unspecified atom stereocenters. The first kappa shape index (κ1) is 14.8. The Morgan fingerprint density at radius 3 is 2.48 bits per heavy atom. The molecule has 0 aliphatic carbocycles. The Balaban J connectivity index is 2.17. The first-order chi connectivity index (χ1) is 10.2. The van der Waals surface area contributed by atoms with Crippen molar-refractivity contribution in [3.05, 3.63) is 65.7 Å². The van der Waals surface area contributed by atoms with Gasteiger partial charge in [0.05, 0.1) is 0 Å². The molecule has 0 aliphatic heterocycles. The third kappa shape index (κ3) is 4.47. The second-order valence-electron chi connectivity index (χ2n) is 4.43. The van der Waals surface area contributed by atoms with E-state index in [1.807, 2.05) is 36.4 Å². The number of benzene rings is 2. The Labute approximate surface area is 122 Å². The topological polar surface area (TPSA) is 66.8 Å². The van der Waals surface area contributed by atoms with Crippen LogP contribution in [0.4, 0.5) is 0 Å². The van der Waals surface area contributed by atoms with E-state index in [1.165, 1.54) is 6.08 Å². The molecule has 0 fully saturated rings. The molecule has 0 bridgehead atoms. The van der Waals surface area contributed by atoms with Crippen molar-refractivity contribution in [2.75, 3.05) is 6.61 Å². The summed E-state index contributed by atoms with van der Waals surface area (Å²) in [5, 5.41) is 17.6. The maximum atomic E-state index is 10.6. The van der Waals surface area contributed by atoms with Crippen molar-refractivity contribution in [1.29, 1.82) is 0 Å². The number of aliphatic carboxylic acids is 1. The number of carboxylic acids is 1. The number of hydrogen-bond acceptors (Lipinski definition) is 3. The van der Waals surface area contributed by atoms with Gasteiger partial charge >= 0.3 is 5.97 Å². The van der Waals surface area contributed by atoms with E-state index in [0.717, 1.165) is 11.6 Å². The van der Waals surface area contributed by atoms with Crippen molar-refractivity contribution < 1.29 is 19.7 Å². The van der Waals surface area contributed by atoms with Crippen LogP contribution in [0.25, 0.3) is 6.08 Å². The summed E-state index contributed by atoms with van der Waals surface area (Å²) in [6.45, 7) is 0.114. The number of hydrogen-bond donors (Lipinski definition) is 2. The summed E-state index contributed by atoms with van der Waals surface area (Å²) < 4.78 is 5.77. The summed E-state index contributed by atoms with van der Waals surface area (Å²) >= 11 is 0. The van der Waals surface area contributed by atoms with Crippen LogP contribution in [0.5, 0.6) is 11.5 Å². The van der Waals surface area contributed by atoms with Gasteiger partial charge in [-0.15, -0.1) is 0 Å². The number of aliphatic hydroxyl groups excluding tert-OH is 1. The normalized spacial score (nSPS) is 10.7. The second-order valence-corrected chi connectivity index (χ2v) is 4.43. The third-order valence-electron chi connectivity index (χ3n) is 2.88. The van der Waals surface area contributed by atoms with Gasteiger partial charge in [-0.3, -0.25) is 0 Å². The highest BCUT2D eigenvalue weighted by atomic mass is 16.5. The molecule has 4 heteroatoms. The molecule has 0 radical (unpaired) electrons. The van der Waals surface area contributed by atoms with Gasteiger partial charge in [0, 0.05) is 18.2 Å². The molecule has 0 heterocycles. The molecule has 4 nitrogen and oxygen atoms in total. The first-order valence-corrected chi connectivity index (χ1v) is 6.57.